The fraction of sp³-hybridized carbons (Fsp3) is 0.562. The fourth-order valence-electron chi connectivity index (χ4n) is 1.71. The standard InChI is InChI=1S/C16H25ClN2O/c1-16(2,19(3)4)12-18-15(20)10-6-8-13-7-5-9-14(17)11-13/h5,7,9,11H,6,8,10,12H2,1-4H3,(H,18,20). The second kappa shape index (κ2) is 7.65. The van der Waals surface area contributed by atoms with Gasteiger partial charge >= 0.3 is 0 Å². The van der Waals surface area contributed by atoms with Crippen molar-refractivity contribution in [1.82, 2.24) is 10.2 Å². The topological polar surface area (TPSA) is 32.3 Å². The van der Waals surface area contributed by atoms with Crippen molar-refractivity contribution in [3.63, 3.8) is 0 Å². The minimum atomic E-state index is -0.0252. The van der Waals surface area contributed by atoms with Gasteiger partial charge in [-0.05, 0) is 58.5 Å². The highest BCUT2D eigenvalue weighted by atomic mass is 35.5. The molecule has 3 nitrogen and oxygen atoms in total. The Kier molecular flexibility index (Phi) is 6.50. The Hall–Kier alpha value is -1.06. The second-order valence-electron chi connectivity index (χ2n) is 5.97. The zero-order valence-corrected chi connectivity index (χ0v) is 13.6. The van der Waals surface area contributed by atoms with Crippen molar-refractivity contribution in [2.24, 2.45) is 0 Å². The molecule has 0 radical (unpaired) electrons. The van der Waals surface area contributed by atoms with Crippen LogP contribution in [0.15, 0.2) is 24.3 Å². The highest BCUT2D eigenvalue weighted by Gasteiger charge is 2.20. The Bertz CT molecular complexity index is 444. The van der Waals surface area contributed by atoms with E-state index in [1.54, 1.807) is 0 Å². The van der Waals surface area contributed by atoms with Gasteiger partial charge in [0.25, 0.3) is 0 Å². The number of halogens is 1. The number of hydrogen-bond donors (Lipinski definition) is 1. The van der Waals surface area contributed by atoms with Crippen molar-refractivity contribution in [3.8, 4) is 0 Å². The molecule has 0 atom stereocenters. The molecular formula is C16H25ClN2O. The molecule has 0 aliphatic rings. The zero-order chi connectivity index (χ0) is 15.2. The lowest BCUT2D eigenvalue weighted by Crippen LogP contribution is -2.48. The van der Waals surface area contributed by atoms with Crippen molar-refractivity contribution in [3.05, 3.63) is 34.9 Å². The lowest BCUT2D eigenvalue weighted by molar-refractivity contribution is -0.121. The Morgan fingerprint density at radius 2 is 2.05 bits per heavy atom. The van der Waals surface area contributed by atoms with Gasteiger partial charge in [-0.1, -0.05) is 23.7 Å². The molecule has 0 aromatic heterocycles. The molecule has 1 amide bonds. The first kappa shape index (κ1) is 17.0. The Labute approximate surface area is 127 Å². The summed E-state index contributed by atoms with van der Waals surface area (Å²) < 4.78 is 0. The van der Waals surface area contributed by atoms with Crippen molar-refractivity contribution < 1.29 is 4.79 Å². The zero-order valence-electron chi connectivity index (χ0n) is 12.9. The molecule has 0 saturated heterocycles. The van der Waals surface area contributed by atoms with Crippen LogP contribution >= 0.6 is 11.6 Å². The third-order valence-corrected chi connectivity index (χ3v) is 3.92. The smallest absolute Gasteiger partial charge is 0.220 e. The summed E-state index contributed by atoms with van der Waals surface area (Å²) in [5, 5.41) is 3.74. The van der Waals surface area contributed by atoms with Crippen LogP contribution in [0.1, 0.15) is 32.3 Å². The van der Waals surface area contributed by atoms with Crippen LogP contribution in [0.3, 0.4) is 0 Å². The number of carbonyl (C=O) groups is 1. The predicted octanol–water partition coefficient (Wildman–Crippen LogP) is 3.12. The van der Waals surface area contributed by atoms with Crippen molar-refractivity contribution >= 4 is 17.5 Å². The van der Waals surface area contributed by atoms with Gasteiger partial charge in [0, 0.05) is 23.5 Å². The van der Waals surface area contributed by atoms with Crippen LogP contribution in [0, 0.1) is 0 Å². The molecule has 1 aromatic carbocycles. The summed E-state index contributed by atoms with van der Waals surface area (Å²) in [5.74, 6) is 0.113. The maximum Gasteiger partial charge on any atom is 0.220 e. The SMILES string of the molecule is CN(C)C(C)(C)CNC(=O)CCCc1cccc(Cl)c1. The van der Waals surface area contributed by atoms with Gasteiger partial charge in [-0.2, -0.15) is 0 Å². The molecule has 0 saturated carbocycles. The van der Waals surface area contributed by atoms with Gasteiger partial charge in [0.05, 0.1) is 0 Å². The lowest BCUT2D eigenvalue weighted by Gasteiger charge is -2.32. The van der Waals surface area contributed by atoms with Crippen LogP contribution in [-0.4, -0.2) is 37.0 Å². The van der Waals surface area contributed by atoms with Gasteiger partial charge < -0.3 is 10.2 Å². The molecule has 0 spiro atoms. The molecule has 0 aliphatic heterocycles. The van der Waals surface area contributed by atoms with Crippen molar-refractivity contribution in [2.45, 2.75) is 38.6 Å². The molecular weight excluding hydrogens is 272 g/mol. The molecule has 0 aliphatic carbocycles. The van der Waals surface area contributed by atoms with E-state index in [1.807, 2.05) is 38.4 Å². The average Bonchev–Trinajstić information content (AvgIpc) is 2.36. The van der Waals surface area contributed by atoms with Gasteiger partial charge in [0.2, 0.25) is 5.91 Å². The summed E-state index contributed by atoms with van der Waals surface area (Å²) in [6, 6.07) is 7.80. The van der Waals surface area contributed by atoms with Crippen molar-refractivity contribution in [2.75, 3.05) is 20.6 Å². The minimum Gasteiger partial charge on any atom is -0.354 e. The number of nitrogens with one attached hydrogen (secondary N) is 1. The maximum atomic E-state index is 11.8. The molecule has 0 fully saturated rings. The number of benzene rings is 1. The van der Waals surface area contributed by atoms with E-state index < -0.39 is 0 Å². The van der Waals surface area contributed by atoms with Crippen LogP contribution in [0.25, 0.3) is 0 Å². The molecule has 4 heteroatoms. The van der Waals surface area contributed by atoms with Crippen LogP contribution in [-0.2, 0) is 11.2 Å². The average molecular weight is 297 g/mol. The number of likely N-dealkylation sites (N-methyl/N-ethyl adjacent to an activating group) is 1. The summed E-state index contributed by atoms with van der Waals surface area (Å²) >= 11 is 5.93. The fourth-order valence-corrected chi connectivity index (χ4v) is 1.92. The van der Waals surface area contributed by atoms with Gasteiger partial charge in [0.15, 0.2) is 0 Å². The van der Waals surface area contributed by atoms with E-state index in [-0.39, 0.29) is 11.4 Å². The summed E-state index contributed by atoms with van der Waals surface area (Å²) in [4.78, 5) is 13.9. The third kappa shape index (κ3) is 5.93. The molecule has 1 rings (SSSR count). The van der Waals surface area contributed by atoms with Gasteiger partial charge in [0.1, 0.15) is 0 Å². The number of carbonyl (C=O) groups excluding carboxylic acids is 1. The second-order valence-corrected chi connectivity index (χ2v) is 6.40. The third-order valence-electron chi connectivity index (χ3n) is 3.69. The van der Waals surface area contributed by atoms with E-state index in [0.717, 1.165) is 17.9 Å². The van der Waals surface area contributed by atoms with Crippen LogP contribution in [0.4, 0.5) is 0 Å². The van der Waals surface area contributed by atoms with Crippen molar-refractivity contribution in [1.29, 1.82) is 0 Å². The van der Waals surface area contributed by atoms with Gasteiger partial charge in [-0.25, -0.2) is 0 Å². The molecule has 112 valence electrons. The number of hydrogen-bond acceptors (Lipinski definition) is 2. The minimum absolute atomic E-state index is 0.0252. The molecule has 0 bridgehead atoms. The highest BCUT2D eigenvalue weighted by molar-refractivity contribution is 6.30. The number of rotatable bonds is 7. The first-order valence-electron chi connectivity index (χ1n) is 7.00. The molecule has 0 heterocycles. The first-order valence-corrected chi connectivity index (χ1v) is 7.37. The van der Waals surface area contributed by atoms with E-state index in [9.17, 15) is 4.79 Å². The highest BCUT2D eigenvalue weighted by Crippen LogP contribution is 2.13. The normalized spacial score (nSPS) is 11.7. The molecule has 1 aromatic rings. The number of aryl methyl sites for hydroxylation is 1. The van der Waals surface area contributed by atoms with E-state index in [0.29, 0.717) is 13.0 Å². The van der Waals surface area contributed by atoms with Gasteiger partial charge in [-0.3, -0.25) is 4.79 Å². The van der Waals surface area contributed by atoms with E-state index in [1.165, 1.54) is 5.56 Å². The predicted molar refractivity (Wildman–Crippen MR) is 85.2 cm³/mol. The van der Waals surface area contributed by atoms with E-state index >= 15 is 0 Å². The summed E-state index contributed by atoms with van der Waals surface area (Å²) in [5.41, 5.74) is 1.15. The lowest BCUT2D eigenvalue weighted by atomic mass is 10.0. The maximum absolute atomic E-state index is 11.8. The largest absolute Gasteiger partial charge is 0.354 e. The Morgan fingerprint density at radius 3 is 2.65 bits per heavy atom. The molecule has 20 heavy (non-hydrogen) atoms. The molecule has 0 unspecified atom stereocenters. The monoisotopic (exact) mass is 296 g/mol. The molecule has 1 N–H and O–H groups in total. The Balaban J connectivity index is 2.27. The number of nitrogens with zero attached hydrogens (tertiary/aromatic N) is 1. The quantitative estimate of drug-likeness (QED) is 0.838. The van der Waals surface area contributed by atoms with E-state index in [4.69, 9.17) is 11.6 Å². The first-order chi connectivity index (χ1) is 9.31. The number of amides is 1. The van der Waals surface area contributed by atoms with Crippen LogP contribution in [0.5, 0.6) is 0 Å². The van der Waals surface area contributed by atoms with E-state index in [2.05, 4.69) is 24.1 Å². The van der Waals surface area contributed by atoms with Crippen LogP contribution in [0.2, 0.25) is 5.02 Å². The summed E-state index contributed by atoms with van der Waals surface area (Å²) in [7, 11) is 4.04. The Morgan fingerprint density at radius 1 is 1.35 bits per heavy atom. The summed E-state index contributed by atoms with van der Waals surface area (Å²) in [6.45, 7) is 4.88. The van der Waals surface area contributed by atoms with Crippen LogP contribution < -0.4 is 5.32 Å². The summed E-state index contributed by atoms with van der Waals surface area (Å²) in [6.07, 6.45) is 2.27. The van der Waals surface area contributed by atoms with Gasteiger partial charge in [-0.15, -0.1) is 0 Å².